The molecule has 0 bridgehead atoms. The van der Waals surface area contributed by atoms with E-state index in [0.29, 0.717) is 6.54 Å². The number of aliphatic imine (C=N–C) groups is 1. The Morgan fingerprint density at radius 3 is 2.92 bits per heavy atom. The molecule has 1 aliphatic rings. The average molecular weight is 422 g/mol. The van der Waals surface area contributed by atoms with Crippen molar-refractivity contribution in [2.24, 2.45) is 12.0 Å². The second-order valence-electron chi connectivity index (χ2n) is 6.78. The highest BCUT2D eigenvalue weighted by Gasteiger charge is 2.15. The Labute approximate surface area is 163 Å². The molecule has 3 heterocycles. The number of aromatic nitrogens is 4. The van der Waals surface area contributed by atoms with Crippen LogP contribution >= 0.6 is 15.9 Å². The average Bonchev–Trinajstić information content (AvgIpc) is 3.03. The summed E-state index contributed by atoms with van der Waals surface area (Å²) in [4.78, 5) is 6.96. The number of hydrogen-bond donors (Lipinski definition) is 1. The maximum Gasteiger partial charge on any atom is 0.194 e. The van der Waals surface area contributed by atoms with Crippen molar-refractivity contribution >= 4 is 21.9 Å². The van der Waals surface area contributed by atoms with Crippen LogP contribution in [-0.2, 0) is 33.1 Å². The van der Waals surface area contributed by atoms with Crippen LogP contribution in [0.1, 0.15) is 43.5 Å². The first kappa shape index (κ1) is 18.9. The summed E-state index contributed by atoms with van der Waals surface area (Å²) in [5, 5.41) is 12.1. The lowest BCUT2D eigenvalue weighted by Crippen LogP contribution is -2.38. The van der Waals surface area contributed by atoms with Gasteiger partial charge in [-0.1, -0.05) is 6.42 Å². The van der Waals surface area contributed by atoms with E-state index in [9.17, 15) is 0 Å². The first-order valence-electron chi connectivity index (χ1n) is 9.29. The molecule has 0 radical (unpaired) electrons. The Hall–Kier alpha value is -1.83. The Kier molecular flexibility index (Phi) is 6.34. The van der Waals surface area contributed by atoms with E-state index in [1.54, 1.807) is 0 Å². The third kappa shape index (κ3) is 4.47. The fourth-order valence-electron chi connectivity index (χ4n) is 3.32. The molecule has 0 fully saturated rings. The highest BCUT2D eigenvalue weighted by molar-refractivity contribution is 9.10. The molecule has 1 aliphatic heterocycles. The monoisotopic (exact) mass is 421 g/mol. The summed E-state index contributed by atoms with van der Waals surface area (Å²) in [6, 6.07) is 2.14. The van der Waals surface area contributed by atoms with Crippen LogP contribution in [0.25, 0.3) is 0 Å². The molecular formula is C18H28BrN7. The van der Waals surface area contributed by atoms with Gasteiger partial charge in [0.05, 0.1) is 6.54 Å². The third-order valence-electron chi connectivity index (χ3n) is 4.73. The zero-order chi connectivity index (χ0) is 18.5. The summed E-state index contributed by atoms with van der Waals surface area (Å²) >= 11 is 3.54. The third-order valence-corrected chi connectivity index (χ3v) is 5.16. The number of fused-ring (bicyclic) bond motifs is 1. The molecule has 142 valence electrons. The van der Waals surface area contributed by atoms with Crippen molar-refractivity contribution in [2.45, 2.75) is 52.2 Å². The van der Waals surface area contributed by atoms with Crippen LogP contribution in [0.2, 0.25) is 0 Å². The Balaban J connectivity index is 1.72. The Morgan fingerprint density at radius 2 is 2.19 bits per heavy atom. The van der Waals surface area contributed by atoms with Crippen molar-refractivity contribution in [3.63, 3.8) is 0 Å². The molecule has 7 nitrogen and oxygen atoms in total. The lowest BCUT2D eigenvalue weighted by atomic mass is 10.2. The molecule has 0 aromatic carbocycles. The molecule has 0 saturated carbocycles. The minimum absolute atomic E-state index is 0.552. The van der Waals surface area contributed by atoms with Gasteiger partial charge in [-0.05, 0) is 41.8 Å². The summed E-state index contributed by atoms with van der Waals surface area (Å²) in [6.45, 7) is 5.27. The highest BCUT2D eigenvalue weighted by Crippen LogP contribution is 2.16. The molecule has 3 rings (SSSR count). The summed E-state index contributed by atoms with van der Waals surface area (Å²) in [5.74, 6) is 2.96. The highest BCUT2D eigenvalue weighted by atomic mass is 79.9. The second-order valence-corrected chi connectivity index (χ2v) is 7.70. The van der Waals surface area contributed by atoms with Crippen molar-refractivity contribution in [1.29, 1.82) is 0 Å². The van der Waals surface area contributed by atoms with Gasteiger partial charge < -0.3 is 19.4 Å². The summed E-state index contributed by atoms with van der Waals surface area (Å²) in [5.41, 5.74) is 1.22. The summed E-state index contributed by atoms with van der Waals surface area (Å²) in [7, 11) is 4.12. The van der Waals surface area contributed by atoms with Crippen molar-refractivity contribution in [3.8, 4) is 0 Å². The van der Waals surface area contributed by atoms with Gasteiger partial charge in [0.1, 0.15) is 12.4 Å². The molecule has 8 heteroatoms. The number of rotatable bonds is 5. The van der Waals surface area contributed by atoms with Gasteiger partial charge in [0.25, 0.3) is 0 Å². The first-order chi connectivity index (χ1) is 12.6. The smallest absolute Gasteiger partial charge is 0.194 e. The van der Waals surface area contributed by atoms with Gasteiger partial charge in [-0.25, -0.2) is 4.99 Å². The van der Waals surface area contributed by atoms with E-state index in [0.717, 1.165) is 48.1 Å². The maximum absolute atomic E-state index is 4.81. The van der Waals surface area contributed by atoms with E-state index in [1.165, 1.54) is 25.0 Å². The predicted molar refractivity (Wildman–Crippen MR) is 107 cm³/mol. The SMILES string of the molecule is CCNC(=NCc1nnc2n1CCCCC2)N(C)Cc1cc(Br)cn1C. The standard InChI is InChI=1S/C18H28BrN7/c1-4-20-18(25(3)13-15-10-14(19)12-24(15)2)21-11-17-23-22-16-8-6-5-7-9-26(16)17/h10,12H,4-9,11,13H2,1-3H3,(H,20,21). The maximum atomic E-state index is 4.81. The predicted octanol–water partition coefficient (Wildman–Crippen LogP) is 2.70. The molecule has 26 heavy (non-hydrogen) atoms. The van der Waals surface area contributed by atoms with Gasteiger partial charge in [-0.3, -0.25) is 0 Å². The molecule has 0 amide bonds. The minimum Gasteiger partial charge on any atom is -0.357 e. The van der Waals surface area contributed by atoms with E-state index >= 15 is 0 Å². The van der Waals surface area contributed by atoms with Crippen LogP contribution in [0.15, 0.2) is 21.7 Å². The lowest BCUT2D eigenvalue weighted by molar-refractivity contribution is 0.461. The Bertz CT molecular complexity index is 762. The molecule has 0 spiro atoms. The molecular weight excluding hydrogens is 394 g/mol. The van der Waals surface area contributed by atoms with Crippen LogP contribution in [0.3, 0.4) is 0 Å². The fourth-order valence-corrected chi connectivity index (χ4v) is 3.89. The van der Waals surface area contributed by atoms with Crippen LogP contribution in [0.4, 0.5) is 0 Å². The number of halogens is 1. The fraction of sp³-hybridized carbons (Fsp3) is 0.611. The first-order valence-corrected chi connectivity index (χ1v) is 10.1. The zero-order valence-electron chi connectivity index (χ0n) is 15.9. The molecule has 0 atom stereocenters. The Morgan fingerprint density at radius 1 is 1.35 bits per heavy atom. The lowest BCUT2D eigenvalue weighted by Gasteiger charge is -2.22. The van der Waals surface area contributed by atoms with E-state index in [1.807, 2.05) is 0 Å². The number of guanidine groups is 1. The largest absolute Gasteiger partial charge is 0.357 e. The van der Waals surface area contributed by atoms with Crippen molar-refractivity contribution in [2.75, 3.05) is 13.6 Å². The molecule has 0 aliphatic carbocycles. The normalized spacial score (nSPS) is 14.8. The van der Waals surface area contributed by atoms with Gasteiger partial charge in [-0.2, -0.15) is 0 Å². The van der Waals surface area contributed by atoms with Crippen LogP contribution < -0.4 is 5.32 Å². The van der Waals surface area contributed by atoms with Gasteiger partial charge in [0.2, 0.25) is 0 Å². The van der Waals surface area contributed by atoms with Crippen molar-refractivity contribution in [3.05, 3.63) is 34.1 Å². The zero-order valence-corrected chi connectivity index (χ0v) is 17.5. The van der Waals surface area contributed by atoms with E-state index in [4.69, 9.17) is 4.99 Å². The van der Waals surface area contributed by atoms with Gasteiger partial charge >= 0.3 is 0 Å². The topological polar surface area (TPSA) is 63.3 Å². The van der Waals surface area contributed by atoms with Crippen molar-refractivity contribution < 1.29 is 0 Å². The number of nitrogens with zero attached hydrogens (tertiary/aromatic N) is 6. The second kappa shape index (κ2) is 8.70. The molecule has 2 aromatic heterocycles. The van der Waals surface area contributed by atoms with Crippen LogP contribution in [-0.4, -0.2) is 43.8 Å². The van der Waals surface area contributed by atoms with Gasteiger partial charge in [-0.15, -0.1) is 10.2 Å². The number of hydrogen-bond acceptors (Lipinski definition) is 3. The van der Waals surface area contributed by atoms with E-state index in [-0.39, 0.29) is 0 Å². The van der Waals surface area contributed by atoms with Gasteiger partial charge in [0, 0.05) is 50.0 Å². The summed E-state index contributed by atoms with van der Waals surface area (Å²) < 4.78 is 5.48. The molecule has 0 saturated heterocycles. The quantitative estimate of drug-likeness (QED) is 0.595. The molecule has 1 N–H and O–H groups in total. The molecule has 2 aromatic rings. The van der Waals surface area contributed by atoms with E-state index in [2.05, 4.69) is 78.8 Å². The van der Waals surface area contributed by atoms with Crippen molar-refractivity contribution in [1.82, 2.24) is 29.5 Å². The minimum atomic E-state index is 0.552. The van der Waals surface area contributed by atoms with Crippen LogP contribution in [0, 0.1) is 0 Å². The summed E-state index contributed by atoms with van der Waals surface area (Å²) in [6.07, 6.45) is 6.77. The number of nitrogens with one attached hydrogen (secondary N) is 1. The van der Waals surface area contributed by atoms with Crippen LogP contribution in [0.5, 0.6) is 0 Å². The number of aryl methyl sites for hydroxylation is 2. The van der Waals surface area contributed by atoms with Gasteiger partial charge in [0.15, 0.2) is 11.8 Å². The van der Waals surface area contributed by atoms with E-state index < -0.39 is 0 Å². The molecule has 0 unspecified atom stereocenters.